The molecule has 14 aromatic carbocycles. The van der Waals surface area contributed by atoms with Crippen LogP contribution in [0.4, 0.5) is 0 Å². The van der Waals surface area contributed by atoms with Crippen molar-refractivity contribution in [1.82, 2.24) is 0 Å². The maximum atomic E-state index is 6.42. The molecule has 7 nitrogen and oxygen atoms in total. The molecule has 1 heterocycles. The van der Waals surface area contributed by atoms with Crippen LogP contribution in [-0.2, 0) is 16.2 Å². The van der Waals surface area contributed by atoms with E-state index in [1.165, 1.54) is 111 Å². The lowest BCUT2D eigenvalue weighted by Crippen LogP contribution is -2.32. The monoisotopic (exact) mass is 1250 g/mol. The molecular formula is C89H68O7. The van der Waals surface area contributed by atoms with Crippen LogP contribution in [0.2, 0.25) is 0 Å². The fraction of sp³-hybridized carbons (Fsp3) is 0.101. The summed E-state index contributed by atoms with van der Waals surface area (Å²) in [5, 5.41) is 4.74. The molecule has 0 saturated heterocycles. The average molecular weight is 1250 g/mol. The maximum Gasteiger partial charge on any atom is 0.135 e. The van der Waals surface area contributed by atoms with Crippen LogP contribution < -0.4 is 33.2 Å². The van der Waals surface area contributed by atoms with Gasteiger partial charge < -0.3 is 33.2 Å². The molecule has 0 amide bonds. The van der Waals surface area contributed by atoms with Gasteiger partial charge in [0.05, 0.1) is 58.9 Å². The van der Waals surface area contributed by atoms with Gasteiger partial charge in [0.25, 0.3) is 0 Å². The summed E-state index contributed by atoms with van der Waals surface area (Å²) in [4.78, 5) is 0. The summed E-state index contributed by atoms with van der Waals surface area (Å²) in [5.74, 6) is 6.62. The Labute approximate surface area is 559 Å². The van der Waals surface area contributed by atoms with Gasteiger partial charge in [0.15, 0.2) is 0 Å². The van der Waals surface area contributed by atoms with E-state index in [2.05, 4.69) is 243 Å². The zero-order valence-corrected chi connectivity index (χ0v) is 54.2. The summed E-state index contributed by atoms with van der Waals surface area (Å²) in [5.41, 5.74) is 21.4. The van der Waals surface area contributed by atoms with Crippen LogP contribution >= 0.6 is 0 Å². The molecule has 96 heavy (non-hydrogen) atoms. The van der Waals surface area contributed by atoms with Gasteiger partial charge >= 0.3 is 0 Å². The van der Waals surface area contributed by atoms with E-state index in [0.717, 1.165) is 57.1 Å². The van der Waals surface area contributed by atoms with E-state index in [4.69, 9.17) is 33.2 Å². The zero-order chi connectivity index (χ0) is 65.1. The first-order chi connectivity index (χ1) is 47.3. The van der Waals surface area contributed by atoms with Gasteiger partial charge in [0.1, 0.15) is 46.0 Å². The summed E-state index contributed by atoms with van der Waals surface area (Å²) in [6, 6.07) is 108. The number of ether oxygens (including phenoxy) is 7. The summed E-state index contributed by atoms with van der Waals surface area (Å²) >= 11 is 0. The molecule has 0 N–H and O–H groups in total. The maximum absolute atomic E-state index is 6.42. The van der Waals surface area contributed by atoms with E-state index >= 15 is 0 Å². The Morgan fingerprint density at radius 3 is 0.760 bits per heavy atom. The fourth-order valence-corrected chi connectivity index (χ4v) is 16.0. The van der Waals surface area contributed by atoms with Gasteiger partial charge in [-0.2, -0.15) is 0 Å². The first-order valence-corrected chi connectivity index (χ1v) is 32.4. The van der Waals surface area contributed by atoms with Crippen molar-refractivity contribution < 1.29 is 33.2 Å². The smallest absolute Gasteiger partial charge is 0.135 e. The highest BCUT2D eigenvalue weighted by Crippen LogP contribution is 2.63. The van der Waals surface area contributed by atoms with Gasteiger partial charge in [0.2, 0.25) is 0 Å². The summed E-state index contributed by atoms with van der Waals surface area (Å²) in [7, 11) is 10.2. The van der Waals surface area contributed by atoms with E-state index in [0.29, 0.717) is 0 Å². The third-order valence-electron chi connectivity index (χ3n) is 20.3. The van der Waals surface area contributed by atoms with E-state index < -0.39 is 10.8 Å². The number of rotatable bonds is 10. The Morgan fingerprint density at radius 2 is 0.438 bits per heavy atom. The molecule has 4 aliphatic rings. The van der Waals surface area contributed by atoms with Crippen molar-refractivity contribution in [2.75, 3.05) is 42.7 Å². The predicted molar refractivity (Wildman–Crippen MR) is 386 cm³/mol. The van der Waals surface area contributed by atoms with Crippen LogP contribution in [0.1, 0.15) is 66.8 Å². The van der Waals surface area contributed by atoms with E-state index in [1.807, 2.05) is 60.7 Å². The van der Waals surface area contributed by atoms with Crippen LogP contribution in [0.3, 0.4) is 0 Å². The lowest BCUT2D eigenvalue weighted by atomic mass is 9.66. The number of methoxy groups -OCH3 is 6. The van der Waals surface area contributed by atoms with Crippen molar-refractivity contribution in [1.29, 1.82) is 0 Å². The third-order valence-corrected chi connectivity index (χ3v) is 20.3. The summed E-state index contributed by atoms with van der Waals surface area (Å²) in [6.45, 7) is 0. The van der Waals surface area contributed by atoms with Crippen molar-refractivity contribution in [2.24, 2.45) is 0 Å². The van der Waals surface area contributed by atoms with Gasteiger partial charge in [-0.1, -0.05) is 218 Å². The second kappa shape index (κ2) is 24.0. The first-order valence-electron chi connectivity index (χ1n) is 32.4. The van der Waals surface area contributed by atoms with Crippen LogP contribution in [-0.4, -0.2) is 42.7 Å². The molecular weight excluding hydrogens is 1180 g/mol. The SMILES string of the molecule is COc1ccc(C2(c3ccc(OC)cc3)c3ccccc3-c3ccccc32)cc1.COc1ccc2c(c1)Oc1cc(OC)ccc1C21c2ccccc2-c2ccccc21.COc1ccc2cc(C3(c4ccc5cc(OC)ccc5c4)c4ccccc4-c4ccccc43)ccc2c1. The molecule has 14 aromatic rings. The molecule has 466 valence electrons. The second-order valence-corrected chi connectivity index (χ2v) is 24.7. The zero-order valence-electron chi connectivity index (χ0n) is 54.2. The Kier molecular flexibility index (Phi) is 14.8. The van der Waals surface area contributed by atoms with Crippen molar-refractivity contribution in [3.8, 4) is 79.4 Å². The molecule has 0 aromatic heterocycles. The van der Waals surface area contributed by atoms with Gasteiger partial charge in [-0.25, -0.2) is 0 Å². The van der Waals surface area contributed by atoms with Crippen LogP contribution in [0.5, 0.6) is 46.0 Å². The molecule has 0 atom stereocenters. The average Bonchev–Trinajstić information content (AvgIpc) is 1.49. The molecule has 3 aliphatic carbocycles. The van der Waals surface area contributed by atoms with Crippen LogP contribution in [0, 0.1) is 0 Å². The van der Waals surface area contributed by atoms with Gasteiger partial charge in [-0.3, -0.25) is 0 Å². The summed E-state index contributed by atoms with van der Waals surface area (Å²) < 4.78 is 39.2. The molecule has 0 unspecified atom stereocenters. The predicted octanol–water partition coefficient (Wildman–Crippen LogP) is 20.6. The fourth-order valence-electron chi connectivity index (χ4n) is 16.0. The molecule has 1 spiro atoms. The van der Waals surface area contributed by atoms with Crippen LogP contribution in [0.25, 0.3) is 54.9 Å². The van der Waals surface area contributed by atoms with Crippen molar-refractivity contribution >= 4 is 21.5 Å². The van der Waals surface area contributed by atoms with Crippen LogP contribution in [0.15, 0.2) is 303 Å². The molecule has 18 rings (SSSR count). The van der Waals surface area contributed by atoms with Gasteiger partial charge in [0, 0.05) is 23.3 Å². The number of fused-ring (bicyclic) bond motifs is 17. The standard InChI is InChI=1S/C35H26O2.C27H20O3.C27H22O2/c1-36-29-17-13-23-19-27(15-11-25(23)21-29)35(28-16-12-26-22-30(37-2)18-14-24(26)20-28)33-9-5-3-7-31(33)32-8-4-6-10-34(32)35;1-28-17-11-13-23-25(15-17)30-26-16-18(29-2)12-14-24(26)27(23)21-9-5-3-7-19(21)20-8-4-6-10-22(20)27;1-28-21-15-11-19(12-16-21)27(20-13-17-22(29-2)18-14-20)25-9-5-3-7-23(25)24-8-4-6-10-26(24)27/h3-22H,1-2H3;3-16H,1-2H3;3-18H,1-2H3. The van der Waals surface area contributed by atoms with Crippen molar-refractivity contribution in [2.45, 2.75) is 16.2 Å². The van der Waals surface area contributed by atoms with Crippen molar-refractivity contribution in [3.05, 3.63) is 370 Å². The van der Waals surface area contributed by atoms with E-state index in [9.17, 15) is 0 Å². The van der Waals surface area contributed by atoms with Gasteiger partial charge in [-0.05, 0) is 183 Å². The number of hydrogen-bond acceptors (Lipinski definition) is 7. The highest BCUT2D eigenvalue weighted by Gasteiger charge is 2.52. The van der Waals surface area contributed by atoms with Crippen molar-refractivity contribution in [3.63, 3.8) is 0 Å². The molecule has 7 heteroatoms. The highest BCUT2D eigenvalue weighted by molar-refractivity contribution is 5.94. The molecule has 1 aliphatic heterocycles. The normalized spacial score (nSPS) is 13.6. The molecule has 0 radical (unpaired) electrons. The molecule has 0 bridgehead atoms. The quantitative estimate of drug-likeness (QED) is 0.135. The summed E-state index contributed by atoms with van der Waals surface area (Å²) in [6.07, 6.45) is 0. The first kappa shape index (κ1) is 59.2. The lowest BCUT2D eigenvalue weighted by molar-refractivity contribution is 0.392. The minimum absolute atomic E-state index is 0.383. The minimum Gasteiger partial charge on any atom is -0.497 e. The lowest BCUT2D eigenvalue weighted by Gasteiger charge is -2.39. The number of benzene rings is 14. The van der Waals surface area contributed by atoms with E-state index in [1.54, 1.807) is 42.7 Å². The minimum atomic E-state index is -0.450. The Hall–Kier alpha value is -11.8. The number of hydrogen-bond donors (Lipinski definition) is 0. The third kappa shape index (κ3) is 9.09. The van der Waals surface area contributed by atoms with Gasteiger partial charge in [-0.15, -0.1) is 0 Å². The topological polar surface area (TPSA) is 64.6 Å². The second-order valence-electron chi connectivity index (χ2n) is 24.7. The Bertz CT molecular complexity index is 4990. The molecule has 0 fully saturated rings. The Balaban J connectivity index is 0.000000114. The molecule has 0 saturated carbocycles. The largest absolute Gasteiger partial charge is 0.497 e. The van der Waals surface area contributed by atoms with E-state index in [-0.39, 0.29) is 5.41 Å². The Morgan fingerprint density at radius 1 is 0.198 bits per heavy atom. The highest BCUT2D eigenvalue weighted by atomic mass is 16.5.